The molecule has 0 heterocycles. The van der Waals surface area contributed by atoms with E-state index < -0.39 is 0 Å². The molecule has 1 rings (SSSR count). The standard InChI is InChI=1S/C11H16FN3S/c1-2-3-8-13-11(16)15-14-10-6-4-9(12)5-7-10/h4-7,14H,2-3,8H2,1H3,(H2,13,15,16). The summed E-state index contributed by atoms with van der Waals surface area (Å²) in [6.07, 6.45) is 2.21. The third-order valence-electron chi connectivity index (χ3n) is 1.98. The fraction of sp³-hybridized carbons (Fsp3) is 0.364. The molecule has 0 atom stereocenters. The Bertz CT molecular complexity index is 327. The summed E-state index contributed by atoms with van der Waals surface area (Å²) in [6, 6.07) is 6.04. The fourth-order valence-electron chi connectivity index (χ4n) is 1.09. The molecule has 3 N–H and O–H groups in total. The summed E-state index contributed by atoms with van der Waals surface area (Å²) < 4.78 is 12.6. The lowest BCUT2D eigenvalue weighted by molar-refractivity contribution is 0.628. The first-order valence-electron chi connectivity index (χ1n) is 5.28. The van der Waals surface area contributed by atoms with E-state index in [9.17, 15) is 4.39 Å². The highest BCUT2D eigenvalue weighted by Crippen LogP contribution is 2.06. The number of halogens is 1. The van der Waals surface area contributed by atoms with Crippen molar-refractivity contribution in [3.8, 4) is 0 Å². The second-order valence-corrected chi connectivity index (χ2v) is 3.77. The van der Waals surface area contributed by atoms with Gasteiger partial charge in [0.2, 0.25) is 0 Å². The van der Waals surface area contributed by atoms with Gasteiger partial charge in [-0.2, -0.15) is 0 Å². The third-order valence-corrected chi connectivity index (χ3v) is 2.23. The van der Waals surface area contributed by atoms with Gasteiger partial charge in [-0.05, 0) is 42.9 Å². The third kappa shape index (κ3) is 4.93. The number of rotatable bonds is 5. The van der Waals surface area contributed by atoms with Crippen LogP contribution in [0.25, 0.3) is 0 Å². The van der Waals surface area contributed by atoms with E-state index >= 15 is 0 Å². The molecule has 0 aliphatic carbocycles. The summed E-state index contributed by atoms with van der Waals surface area (Å²) in [5, 5.41) is 3.59. The van der Waals surface area contributed by atoms with E-state index in [2.05, 4.69) is 23.1 Å². The smallest absolute Gasteiger partial charge is 0.185 e. The summed E-state index contributed by atoms with van der Waals surface area (Å²) in [5.41, 5.74) is 6.47. The van der Waals surface area contributed by atoms with Crippen molar-refractivity contribution in [2.24, 2.45) is 0 Å². The molecule has 0 aliphatic heterocycles. The van der Waals surface area contributed by atoms with Crippen molar-refractivity contribution in [1.82, 2.24) is 10.7 Å². The van der Waals surface area contributed by atoms with Gasteiger partial charge in [0.25, 0.3) is 0 Å². The number of nitrogens with one attached hydrogen (secondary N) is 3. The van der Waals surface area contributed by atoms with E-state index in [0.29, 0.717) is 5.11 Å². The maximum absolute atomic E-state index is 12.6. The summed E-state index contributed by atoms with van der Waals surface area (Å²) >= 11 is 5.03. The van der Waals surface area contributed by atoms with Gasteiger partial charge in [0.15, 0.2) is 5.11 Å². The molecule has 0 saturated heterocycles. The molecule has 0 fully saturated rings. The van der Waals surface area contributed by atoms with E-state index in [-0.39, 0.29) is 5.82 Å². The maximum Gasteiger partial charge on any atom is 0.185 e. The predicted molar refractivity (Wildman–Crippen MR) is 68.7 cm³/mol. The van der Waals surface area contributed by atoms with Crippen LogP contribution in [-0.4, -0.2) is 11.7 Å². The molecule has 0 bridgehead atoms. The molecule has 16 heavy (non-hydrogen) atoms. The van der Waals surface area contributed by atoms with Gasteiger partial charge in [0.05, 0.1) is 5.69 Å². The second-order valence-electron chi connectivity index (χ2n) is 3.37. The highest BCUT2D eigenvalue weighted by Gasteiger charge is 1.95. The number of benzene rings is 1. The summed E-state index contributed by atoms with van der Waals surface area (Å²) in [7, 11) is 0. The molecule has 1 aromatic rings. The zero-order chi connectivity index (χ0) is 11.8. The monoisotopic (exact) mass is 241 g/mol. The second kappa shape index (κ2) is 7.00. The molecule has 0 spiro atoms. The zero-order valence-corrected chi connectivity index (χ0v) is 10.0. The topological polar surface area (TPSA) is 36.1 Å². The molecule has 0 amide bonds. The van der Waals surface area contributed by atoms with Crippen LogP contribution < -0.4 is 16.2 Å². The molecule has 0 radical (unpaired) electrons. The van der Waals surface area contributed by atoms with Crippen molar-refractivity contribution in [2.45, 2.75) is 19.8 Å². The van der Waals surface area contributed by atoms with Gasteiger partial charge in [-0.15, -0.1) is 0 Å². The van der Waals surface area contributed by atoms with Crippen LogP contribution in [0.5, 0.6) is 0 Å². The van der Waals surface area contributed by atoms with Gasteiger partial charge in [-0.25, -0.2) is 4.39 Å². The fourth-order valence-corrected chi connectivity index (χ4v) is 1.24. The van der Waals surface area contributed by atoms with E-state index in [1.54, 1.807) is 12.1 Å². The Labute approximate surface area is 100 Å². The first-order valence-corrected chi connectivity index (χ1v) is 5.68. The largest absolute Gasteiger partial charge is 0.361 e. The van der Waals surface area contributed by atoms with Crippen molar-refractivity contribution in [1.29, 1.82) is 0 Å². The Kier molecular flexibility index (Phi) is 5.56. The Hall–Kier alpha value is -1.36. The first-order chi connectivity index (χ1) is 7.72. The lowest BCUT2D eigenvalue weighted by Gasteiger charge is -2.11. The van der Waals surface area contributed by atoms with Crippen LogP contribution in [0.4, 0.5) is 10.1 Å². The Morgan fingerprint density at radius 1 is 1.31 bits per heavy atom. The van der Waals surface area contributed by atoms with Crippen molar-refractivity contribution in [3.63, 3.8) is 0 Å². The Balaban J connectivity index is 2.23. The number of thiocarbonyl (C=S) groups is 1. The van der Waals surface area contributed by atoms with Crippen molar-refractivity contribution >= 4 is 23.0 Å². The minimum absolute atomic E-state index is 0.255. The first kappa shape index (κ1) is 12.7. The molecule has 0 unspecified atom stereocenters. The molecule has 3 nitrogen and oxygen atoms in total. The highest BCUT2D eigenvalue weighted by atomic mass is 32.1. The van der Waals surface area contributed by atoms with Gasteiger partial charge in [0.1, 0.15) is 5.82 Å². The highest BCUT2D eigenvalue weighted by molar-refractivity contribution is 7.80. The van der Waals surface area contributed by atoms with Crippen molar-refractivity contribution in [2.75, 3.05) is 12.0 Å². The lowest BCUT2D eigenvalue weighted by atomic mass is 10.3. The number of hydrazine groups is 1. The minimum atomic E-state index is -0.255. The minimum Gasteiger partial charge on any atom is -0.361 e. The van der Waals surface area contributed by atoms with Gasteiger partial charge < -0.3 is 5.32 Å². The van der Waals surface area contributed by atoms with E-state index in [4.69, 9.17) is 12.2 Å². The lowest BCUT2D eigenvalue weighted by Crippen LogP contribution is -2.39. The van der Waals surface area contributed by atoms with Gasteiger partial charge >= 0.3 is 0 Å². The number of hydrogen-bond donors (Lipinski definition) is 3. The van der Waals surface area contributed by atoms with Crippen LogP contribution in [0, 0.1) is 5.82 Å². The van der Waals surface area contributed by atoms with E-state index in [1.807, 2.05) is 0 Å². The van der Waals surface area contributed by atoms with E-state index in [1.165, 1.54) is 12.1 Å². The molecule has 5 heteroatoms. The summed E-state index contributed by atoms with van der Waals surface area (Å²) in [4.78, 5) is 0. The molecular formula is C11H16FN3S. The predicted octanol–water partition coefficient (Wildman–Crippen LogP) is 2.42. The van der Waals surface area contributed by atoms with Gasteiger partial charge in [-0.3, -0.25) is 10.9 Å². The normalized spacial score (nSPS) is 9.62. The SMILES string of the molecule is CCCCNC(=S)NNc1ccc(F)cc1. The molecule has 0 aromatic heterocycles. The van der Waals surface area contributed by atoms with E-state index in [0.717, 1.165) is 25.1 Å². The van der Waals surface area contributed by atoms with Crippen LogP contribution in [0.1, 0.15) is 19.8 Å². The Morgan fingerprint density at radius 3 is 2.62 bits per heavy atom. The average molecular weight is 241 g/mol. The van der Waals surface area contributed by atoms with Crippen LogP contribution >= 0.6 is 12.2 Å². The molecule has 0 saturated carbocycles. The van der Waals surface area contributed by atoms with Crippen LogP contribution in [0.2, 0.25) is 0 Å². The van der Waals surface area contributed by atoms with Crippen LogP contribution in [0.15, 0.2) is 24.3 Å². The van der Waals surface area contributed by atoms with Crippen molar-refractivity contribution in [3.05, 3.63) is 30.1 Å². The van der Waals surface area contributed by atoms with Crippen LogP contribution in [0.3, 0.4) is 0 Å². The van der Waals surface area contributed by atoms with Crippen molar-refractivity contribution < 1.29 is 4.39 Å². The number of hydrogen-bond acceptors (Lipinski definition) is 2. The molecular weight excluding hydrogens is 225 g/mol. The summed E-state index contributed by atoms with van der Waals surface area (Å²) in [6.45, 7) is 2.97. The quantitative estimate of drug-likeness (QED) is 0.420. The molecule has 1 aromatic carbocycles. The molecule has 88 valence electrons. The van der Waals surface area contributed by atoms with Gasteiger partial charge in [0, 0.05) is 6.54 Å². The maximum atomic E-state index is 12.6. The molecule has 0 aliphatic rings. The zero-order valence-electron chi connectivity index (χ0n) is 9.22. The van der Waals surface area contributed by atoms with Crippen LogP contribution in [-0.2, 0) is 0 Å². The number of anilines is 1. The number of unbranched alkanes of at least 4 members (excludes halogenated alkanes) is 1. The Morgan fingerprint density at radius 2 is 2.00 bits per heavy atom. The average Bonchev–Trinajstić information content (AvgIpc) is 2.29. The van der Waals surface area contributed by atoms with Gasteiger partial charge in [-0.1, -0.05) is 13.3 Å². The summed E-state index contributed by atoms with van der Waals surface area (Å²) in [5.74, 6) is -0.255.